The third-order valence-corrected chi connectivity index (χ3v) is 3.94. The van der Waals surface area contributed by atoms with Crippen LogP contribution in [0.1, 0.15) is 5.56 Å². The van der Waals surface area contributed by atoms with Crippen molar-refractivity contribution in [1.29, 1.82) is 0 Å². The molecule has 6 heteroatoms. The van der Waals surface area contributed by atoms with Gasteiger partial charge in [-0.3, -0.25) is 9.78 Å². The van der Waals surface area contributed by atoms with Crippen LogP contribution in [-0.2, 0) is 9.53 Å². The normalized spacial score (nSPS) is 21.9. The monoisotopic (exact) mass is 275 g/mol. The smallest absolute Gasteiger partial charge is 0.286 e. The van der Waals surface area contributed by atoms with E-state index in [2.05, 4.69) is 14.9 Å². The minimum Gasteiger partial charge on any atom is -0.378 e. The molecule has 0 radical (unpaired) electrons. The highest BCUT2D eigenvalue weighted by Gasteiger charge is 2.26. The Balaban J connectivity index is 1.74. The number of aliphatic imine (C=N–C) groups is 1. The molecular formula is C13H13N3O2S. The number of rotatable bonds is 1. The molecule has 0 atom stereocenters. The molecule has 3 heterocycles. The van der Waals surface area contributed by atoms with Crippen LogP contribution in [0, 0.1) is 0 Å². The summed E-state index contributed by atoms with van der Waals surface area (Å²) in [7, 11) is 0. The van der Waals surface area contributed by atoms with Crippen LogP contribution >= 0.6 is 11.8 Å². The molecule has 1 aromatic rings. The summed E-state index contributed by atoms with van der Waals surface area (Å²) in [6.07, 6.45) is 5.27. The van der Waals surface area contributed by atoms with Gasteiger partial charge >= 0.3 is 0 Å². The number of amidine groups is 1. The summed E-state index contributed by atoms with van der Waals surface area (Å²) in [6, 6.07) is 3.74. The lowest BCUT2D eigenvalue weighted by molar-refractivity contribution is -0.113. The van der Waals surface area contributed by atoms with Gasteiger partial charge in [-0.15, -0.1) is 0 Å². The predicted octanol–water partition coefficient (Wildman–Crippen LogP) is 1.38. The van der Waals surface area contributed by atoms with Crippen LogP contribution in [0.2, 0.25) is 0 Å². The molecule has 0 unspecified atom stereocenters. The number of hydrogen-bond acceptors (Lipinski definition) is 5. The fraction of sp³-hybridized carbons (Fsp3) is 0.308. The standard InChI is InChI=1S/C13H13N3O2S/c17-12-11(9-10-1-3-14-4-2-10)19-13(15-12)16-5-7-18-8-6-16/h1-4,9H,5-8H2/b11-9-. The van der Waals surface area contributed by atoms with Crippen LogP contribution in [0.4, 0.5) is 0 Å². The lowest BCUT2D eigenvalue weighted by atomic mass is 10.2. The maximum atomic E-state index is 11.9. The Morgan fingerprint density at radius 1 is 1.26 bits per heavy atom. The Labute approximate surface area is 115 Å². The van der Waals surface area contributed by atoms with Crippen molar-refractivity contribution in [2.24, 2.45) is 4.99 Å². The van der Waals surface area contributed by atoms with E-state index in [-0.39, 0.29) is 5.91 Å². The zero-order chi connectivity index (χ0) is 13.1. The number of nitrogens with zero attached hydrogens (tertiary/aromatic N) is 3. The molecule has 0 N–H and O–H groups in total. The van der Waals surface area contributed by atoms with Gasteiger partial charge in [0.05, 0.1) is 18.1 Å². The van der Waals surface area contributed by atoms with Crippen LogP contribution in [0.25, 0.3) is 6.08 Å². The number of carbonyl (C=O) groups is 1. The highest BCUT2D eigenvalue weighted by molar-refractivity contribution is 8.18. The maximum absolute atomic E-state index is 11.9. The van der Waals surface area contributed by atoms with Crippen molar-refractivity contribution in [3.8, 4) is 0 Å². The van der Waals surface area contributed by atoms with Gasteiger partial charge in [-0.2, -0.15) is 4.99 Å². The maximum Gasteiger partial charge on any atom is 0.286 e. The van der Waals surface area contributed by atoms with Crippen LogP contribution in [0.3, 0.4) is 0 Å². The van der Waals surface area contributed by atoms with Crippen molar-refractivity contribution in [2.75, 3.05) is 26.3 Å². The van der Waals surface area contributed by atoms with Crippen molar-refractivity contribution in [3.63, 3.8) is 0 Å². The van der Waals surface area contributed by atoms with Crippen LogP contribution in [0.15, 0.2) is 34.4 Å². The molecule has 1 aromatic heterocycles. The first-order chi connectivity index (χ1) is 9.33. The van der Waals surface area contributed by atoms with Gasteiger partial charge in [0, 0.05) is 25.5 Å². The number of carbonyl (C=O) groups excluding carboxylic acids is 1. The minimum absolute atomic E-state index is 0.164. The molecule has 98 valence electrons. The van der Waals surface area contributed by atoms with Crippen LogP contribution < -0.4 is 0 Å². The molecule has 5 nitrogen and oxygen atoms in total. The van der Waals surface area contributed by atoms with Gasteiger partial charge in [-0.25, -0.2) is 0 Å². The predicted molar refractivity (Wildman–Crippen MR) is 74.6 cm³/mol. The largest absolute Gasteiger partial charge is 0.378 e. The van der Waals surface area contributed by atoms with Gasteiger partial charge in [-0.05, 0) is 35.5 Å². The average Bonchev–Trinajstić information content (AvgIpc) is 2.82. The van der Waals surface area contributed by atoms with E-state index in [4.69, 9.17) is 4.74 Å². The third kappa shape index (κ3) is 2.85. The fourth-order valence-electron chi connectivity index (χ4n) is 1.90. The molecule has 1 saturated heterocycles. The van der Waals surface area contributed by atoms with Crippen molar-refractivity contribution >= 4 is 28.9 Å². The highest BCUT2D eigenvalue weighted by atomic mass is 32.2. The summed E-state index contributed by atoms with van der Waals surface area (Å²) in [5.74, 6) is -0.164. The zero-order valence-electron chi connectivity index (χ0n) is 10.3. The van der Waals surface area contributed by atoms with E-state index >= 15 is 0 Å². The minimum atomic E-state index is -0.164. The van der Waals surface area contributed by atoms with E-state index in [1.807, 2.05) is 18.2 Å². The summed E-state index contributed by atoms with van der Waals surface area (Å²) in [6.45, 7) is 2.97. The van der Waals surface area contributed by atoms with E-state index in [1.54, 1.807) is 12.4 Å². The van der Waals surface area contributed by atoms with Crippen LogP contribution in [0.5, 0.6) is 0 Å². The lowest BCUT2D eigenvalue weighted by Crippen LogP contribution is -2.38. The molecule has 19 heavy (non-hydrogen) atoms. The first-order valence-electron chi connectivity index (χ1n) is 6.08. The number of ether oxygens (including phenoxy) is 1. The van der Waals surface area contributed by atoms with E-state index in [1.165, 1.54) is 11.8 Å². The summed E-state index contributed by atoms with van der Waals surface area (Å²) in [5.41, 5.74) is 0.962. The molecule has 0 bridgehead atoms. The molecule has 0 aliphatic carbocycles. The quantitative estimate of drug-likeness (QED) is 0.725. The second-order valence-corrected chi connectivity index (χ2v) is 5.20. The third-order valence-electron chi connectivity index (χ3n) is 2.89. The number of amides is 1. The van der Waals surface area contributed by atoms with Crippen molar-refractivity contribution in [2.45, 2.75) is 0 Å². The molecule has 1 amide bonds. The molecule has 0 saturated carbocycles. The van der Waals surface area contributed by atoms with Crippen molar-refractivity contribution in [3.05, 3.63) is 35.0 Å². The molecule has 2 aliphatic rings. The number of aromatic nitrogens is 1. The van der Waals surface area contributed by atoms with Gasteiger partial charge in [-0.1, -0.05) is 0 Å². The second-order valence-electron chi connectivity index (χ2n) is 4.19. The Hall–Kier alpha value is -1.66. The lowest BCUT2D eigenvalue weighted by Gasteiger charge is -2.27. The molecule has 0 aromatic carbocycles. The summed E-state index contributed by atoms with van der Waals surface area (Å²) in [5, 5.41) is 0.786. The van der Waals surface area contributed by atoms with E-state index < -0.39 is 0 Å². The van der Waals surface area contributed by atoms with Crippen molar-refractivity contribution in [1.82, 2.24) is 9.88 Å². The highest BCUT2D eigenvalue weighted by Crippen LogP contribution is 2.30. The average molecular weight is 275 g/mol. The Morgan fingerprint density at radius 2 is 2.00 bits per heavy atom. The topological polar surface area (TPSA) is 54.8 Å². The molecular weight excluding hydrogens is 262 g/mol. The van der Waals surface area contributed by atoms with Gasteiger partial charge < -0.3 is 9.64 Å². The Bertz CT molecular complexity index is 536. The Kier molecular flexibility index (Phi) is 3.61. The number of thioether (sulfide) groups is 1. The molecule has 0 spiro atoms. The summed E-state index contributed by atoms with van der Waals surface area (Å²) < 4.78 is 5.30. The summed E-state index contributed by atoms with van der Waals surface area (Å²) in [4.78, 5) is 22.7. The van der Waals surface area contributed by atoms with Gasteiger partial charge in [0.1, 0.15) is 0 Å². The zero-order valence-corrected chi connectivity index (χ0v) is 11.1. The number of pyridine rings is 1. The van der Waals surface area contributed by atoms with Crippen LogP contribution in [-0.4, -0.2) is 47.3 Å². The molecule has 1 fully saturated rings. The van der Waals surface area contributed by atoms with Crippen molar-refractivity contribution < 1.29 is 9.53 Å². The Morgan fingerprint density at radius 3 is 2.74 bits per heavy atom. The van der Waals surface area contributed by atoms with Gasteiger partial charge in [0.25, 0.3) is 5.91 Å². The first kappa shape index (κ1) is 12.4. The van der Waals surface area contributed by atoms with Gasteiger partial charge in [0.15, 0.2) is 5.17 Å². The van der Waals surface area contributed by atoms with E-state index in [0.717, 1.165) is 23.8 Å². The fourth-order valence-corrected chi connectivity index (χ4v) is 2.86. The second kappa shape index (κ2) is 5.54. The number of hydrogen-bond donors (Lipinski definition) is 0. The SMILES string of the molecule is O=C1N=C(N2CCOCC2)S/C1=C\c1ccncc1. The molecule has 2 aliphatic heterocycles. The van der Waals surface area contributed by atoms with E-state index in [9.17, 15) is 4.79 Å². The summed E-state index contributed by atoms with van der Waals surface area (Å²) >= 11 is 1.43. The molecule has 3 rings (SSSR count). The van der Waals surface area contributed by atoms with Gasteiger partial charge in [0.2, 0.25) is 0 Å². The first-order valence-corrected chi connectivity index (χ1v) is 6.90. The number of morpholine rings is 1. The van der Waals surface area contributed by atoms with E-state index in [0.29, 0.717) is 18.1 Å².